The van der Waals surface area contributed by atoms with Crippen LogP contribution in [-0.2, 0) is 11.3 Å². The fourth-order valence-corrected chi connectivity index (χ4v) is 2.20. The number of amides is 1. The average Bonchev–Trinajstić information content (AvgIpc) is 2.63. The van der Waals surface area contributed by atoms with E-state index in [9.17, 15) is 4.79 Å². The second-order valence-corrected chi connectivity index (χ2v) is 5.38. The zero-order valence-electron chi connectivity index (χ0n) is 14.0. The molecule has 2 rings (SSSR count). The fourth-order valence-electron chi connectivity index (χ4n) is 2.20. The molecule has 2 N–H and O–H groups in total. The van der Waals surface area contributed by atoms with E-state index in [1.165, 1.54) is 0 Å². The van der Waals surface area contributed by atoms with Gasteiger partial charge < -0.3 is 15.4 Å². The maximum Gasteiger partial charge on any atom is 0.244 e. The molecule has 0 saturated heterocycles. The van der Waals surface area contributed by atoms with Crippen LogP contribution in [-0.4, -0.2) is 26.1 Å². The Labute approximate surface area is 143 Å². The summed E-state index contributed by atoms with van der Waals surface area (Å²) >= 11 is 0. The van der Waals surface area contributed by atoms with Crippen molar-refractivity contribution in [1.82, 2.24) is 10.6 Å². The first-order valence-electron chi connectivity index (χ1n) is 8.16. The largest absolute Gasteiger partial charge is 0.493 e. The van der Waals surface area contributed by atoms with E-state index in [1.54, 1.807) is 12.2 Å². The number of carbonyl (C=O) groups excluding carboxylic acids is 1. The molecule has 0 heterocycles. The summed E-state index contributed by atoms with van der Waals surface area (Å²) in [6, 6.07) is 17.5. The number of hydrogen-bond donors (Lipinski definition) is 2. The molecule has 0 unspecified atom stereocenters. The molecule has 0 aliphatic carbocycles. The molecular formula is C20H24N2O2. The molecule has 2 aromatic rings. The van der Waals surface area contributed by atoms with Crippen LogP contribution in [0.15, 0.2) is 60.7 Å². The standard InChI is InChI=1S/C20H24N2O2/c1-21-14-7-15-24-19-11-6-5-10-18(19)16-22-20(23)13-12-17-8-3-2-4-9-17/h2-6,8-13,21H,7,14-16H2,1H3,(H,22,23). The zero-order valence-corrected chi connectivity index (χ0v) is 14.0. The maximum absolute atomic E-state index is 12.0. The topological polar surface area (TPSA) is 50.4 Å². The summed E-state index contributed by atoms with van der Waals surface area (Å²) in [7, 11) is 1.92. The number of para-hydroxylation sites is 1. The van der Waals surface area contributed by atoms with E-state index in [0.29, 0.717) is 13.2 Å². The third-order valence-electron chi connectivity index (χ3n) is 3.48. The van der Waals surface area contributed by atoms with Crippen molar-refractivity contribution >= 4 is 12.0 Å². The van der Waals surface area contributed by atoms with Crippen LogP contribution in [0, 0.1) is 0 Å². The lowest BCUT2D eigenvalue weighted by atomic mass is 10.2. The highest BCUT2D eigenvalue weighted by Crippen LogP contribution is 2.17. The first-order valence-corrected chi connectivity index (χ1v) is 8.16. The van der Waals surface area contributed by atoms with Gasteiger partial charge >= 0.3 is 0 Å². The smallest absolute Gasteiger partial charge is 0.244 e. The van der Waals surface area contributed by atoms with Crippen LogP contribution < -0.4 is 15.4 Å². The number of hydrogen-bond acceptors (Lipinski definition) is 3. The minimum atomic E-state index is -0.121. The van der Waals surface area contributed by atoms with Gasteiger partial charge in [0.05, 0.1) is 6.61 Å². The fraction of sp³-hybridized carbons (Fsp3) is 0.250. The predicted molar refractivity (Wildman–Crippen MR) is 97.8 cm³/mol. The monoisotopic (exact) mass is 324 g/mol. The van der Waals surface area contributed by atoms with Crippen molar-refractivity contribution in [1.29, 1.82) is 0 Å². The van der Waals surface area contributed by atoms with Gasteiger partial charge in [0.2, 0.25) is 5.91 Å². The van der Waals surface area contributed by atoms with Crippen molar-refractivity contribution in [3.63, 3.8) is 0 Å². The van der Waals surface area contributed by atoms with Crippen LogP contribution in [0.3, 0.4) is 0 Å². The number of carbonyl (C=O) groups is 1. The SMILES string of the molecule is CNCCCOc1ccccc1CNC(=O)C=Cc1ccccc1. The lowest BCUT2D eigenvalue weighted by Crippen LogP contribution is -2.20. The second-order valence-electron chi connectivity index (χ2n) is 5.38. The van der Waals surface area contributed by atoms with Crippen LogP contribution in [0.4, 0.5) is 0 Å². The van der Waals surface area contributed by atoms with Gasteiger partial charge in [0.15, 0.2) is 0 Å². The van der Waals surface area contributed by atoms with E-state index in [-0.39, 0.29) is 5.91 Å². The van der Waals surface area contributed by atoms with E-state index in [0.717, 1.165) is 29.8 Å². The van der Waals surface area contributed by atoms with Gasteiger partial charge in [-0.15, -0.1) is 0 Å². The second kappa shape index (κ2) is 10.2. The highest BCUT2D eigenvalue weighted by molar-refractivity contribution is 5.91. The molecule has 0 aliphatic heterocycles. The van der Waals surface area contributed by atoms with E-state index in [4.69, 9.17) is 4.74 Å². The van der Waals surface area contributed by atoms with Crippen molar-refractivity contribution in [2.45, 2.75) is 13.0 Å². The molecule has 24 heavy (non-hydrogen) atoms. The van der Waals surface area contributed by atoms with Gasteiger partial charge in [0.1, 0.15) is 5.75 Å². The van der Waals surface area contributed by atoms with Crippen LogP contribution in [0.1, 0.15) is 17.5 Å². The maximum atomic E-state index is 12.0. The molecule has 1 amide bonds. The Kier molecular flexibility index (Phi) is 7.57. The Bertz CT molecular complexity index is 654. The average molecular weight is 324 g/mol. The number of benzene rings is 2. The van der Waals surface area contributed by atoms with Crippen LogP contribution in [0.2, 0.25) is 0 Å². The van der Waals surface area contributed by atoms with Crippen molar-refractivity contribution in [3.8, 4) is 5.75 Å². The van der Waals surface area contributed by atoms with E-state index in [1.807, 2.05) is 61.6 Å². The summed E-state index contributed by atoms with van der Waals surface area (Å²) in [6.45, 7) is 2.02. The molecule has 2 aromatic carbocycles. The molecule has 4 nitrogen and oxygen atoms in total. The lowest BCUT2D eigenvalue weighted by molar-refractivity contribution is -0.116. The predicted octanol–water partition coefficient (Wildman–Crippen LogP) is 3.00. The Morgan fingerprint density at radius 2 is 1.83 bits per heavy atom. The third kappa shape index (κ3) is 6.26. The van der Waals surface area contributed by atoms with Gasteiger partial charge in [-0.05, 0) is 37.7 Å². The van der Waals surface area contributed by atoms with E-state index >= 15 is 0 Å². The van der Waals surface area contributed by atoms with Gasteiger partial charge in [-0.3, -0.25) is 4.79 Å². The van der Waals surface area contributed by atoms with Crippen LogP contribution in [0.5, 0.6) is 5.75 Å². The van der Waals surface area contributed by atoms with Crippen LogP contribution in [0.25, 0.3) is 6.08 Å². The van der Waals surface area contributed by atoms with Crippen molar-refractivity contribution in [2.24, 2.45) is 0 Å². The molecular weight excluding hydrogens is 300 g/mol. The summed E-state index contributed by atoms with van der Waals surface area (Å²) in [4.78, 5) is 12.0. The van der Waals surface area contributed by atoms with E-state index in [2.05, 4.69) is 10.6 Å². The Morgan fingerprint density at radius 3 is 2.62 bits per heavy atom. The molecule has 4 heteroatoms. The highest BCUT2D eigenvalue weighted by Gasteiger charge is 2.04. The summed E-state index contributed by atoms with van der Waals surface area (Å²) in [5.74, 6) is 0.699. The molecule has 0 aliphatic rings. The van der Waals surface area contributed by atoms with E-state index < -0.39 is 0 Å². The molecule has 0 fully saturated rings. The Morgan fingerprint density at radius 1 is 1.08 bits per heavy atom. The first-order chi connectivity index (χ1) is 11.8. The highest BCUT2D eigenvalue weighted by atomic mass is 16.5. The molecule has 0 atom stereocenters. The molecule has 0 spiro atoms. The van der Waals surface area contributed by atoms with Crippen molar-refractivity contribution < 1.29 is 9.53 Å². The minimum absolute atomic E-state index is 0.121. The molecule has 0 bridgehead atoms. The number of rotatable bonds is 9. The normalized spacial score (nSPS) is 10.7. The van der Waals surface area contributed by atoms with Crippen molar-refractivity contribution in [2.75, 3.05) is 20.2 Å². The van der Waals surface area contributed by atoms with Gasteiger partial charge in [-0.25, -0.2) is 0 Å². The Balaban J connectivity index is 1.85. The Hall–Kier alpha value is -2.59. The molecule has 0 saturated carbocycles. The number of nitrogens with one attached hydrogen (secondary N) is 2. The lowest BCUT2D eigenvalue weighted by Gasteiger charge is -2.11. The van der Waals surface area contributed by atoms with Gasteiger partial charge in [-0.1, -0.05) is 48.5 Å². The zero-order chi connectivity index (χ0) is 17.0. The molecule has 0 aromatic heterocycles. The van der Waals surface area contributed by atoms with Crippen LogP contribution >= 0.6 is 0 Å². The number of ether oxygens (including phenoxy) is 1. The summed E-state index contributed by atoms with van der Waals surface area (Å²) < 4.78 is 5.79. The quantitative estimate of drug-likeness (QED) is 0.551. The molecule has 126 valence electrons. The minimum Gasteiger partial charge on any atom is -0.493 e. The first kappa shape index (κ1) is 17.8. The van der Waals surface area contributed by atoms with Gasteiger partial charge in [0, 0.05) is 18.2 Å². The van der Waals surface area contributed by atoms with Gasteiger partial charge in [-0.2, -0.15) is 0 Å². The van der Waals surface area contributed by atoms with Gasteiger partial charge in [0.25, 0.3) is 0 Å². The summed E-state index contributed by atoms with van der Waals surface area (Å²) in [5, 5.41) is 5.98. The summed E-state index contributed by atoms with van der Waals surface area (Å²) in [6.07, 6.45) is 4.29. The molecule has 0 radical (unpaired) electrons. The third-order valence-corrected chi connectivity index (χ3v) is 3.48. The summed E-state index contributed by atoms with van der Waals surface area (Å²) in [5.41, 5.74) is 1.98. The van der Waals surface area contributed by atoms with Crippen molar-refractivity contribution in [3.05, 3.63) is 71.8 Å².